The van der Waals surface area contributed by atoms with Crippen LogP contribution < -0.4 is 10.6 Å². The normalized spacial score (nSPS) is 15.3. The number of anilines is 2. The van der Waals surface area contributed by atoms with Gasteiger partial charge in [0.2, 0.25) is 0 Å². The van der Waals surface area contributed by atoms with Crippen molar-refractivity contribution in [2.45, 2.75) is 19.3 Å². The van der Waals surface area contributed by atoms with E-state index in [4.69, 9.17) is 5.73 Å². The van der Waals surface area contributed by atoms with Crippen LogP contribution in [0.3, 0.4) is 0 Å². The molecule has 5 nitrogen and oxygen atoms in total. The molecule has 0 radical (unpaired) electrons. The molecule has 2 rings (SSSR count). The largest absolute Gasteiger partial charge is 0.382 e. The quantitative estimate of drug-likeness (QED) is 0.902. The van der Waals surface area contributed by atoms with Crippen molar-refractivity contribution in [1.29, 1.82) is 0 Å². The molecule has 1 aromatic heterocycles. The molecule has 18 heavy (non-hydrogen) atoms. The van der Waals surface area contributed by atoms with Gasteiger partial charge in [0.1, 0.15) is 10.7 Å². The van der Waals surface area contributed by atoms with E-state index in [9.17, 15) is 4.79 Å². The molecule has 0 aromatic carbocycles. The number of thiazole rings is 1. The number of carbonyl (C=O) groups is 1. The lowest BCUT2D eigenvalue weighted by Gasteiger charge is -2.29. The highest BCUT2D eigenvalue weighted by Gasteiger charge is 2.25. The average Bonchev–Trinajstić information content (AvgIpc) is 2.64. The monoisotopic (exact) mass is 268 g/mol. The highest BCUT2D eigenvalue weighted by molar-refractivity contribution is 7.18. The predicted octanol–water partition coefficient (Wildman–Crippen LogP) is 1.66. The first kappa shape index (κ1) is 13.1. The van der Waals surface area contributed by atoms with Gasteiger partial charge in [0, 0.05) is 27.7 Å². The molecule has 2 N–H and O–H groups in total. The second-order valence-corrected chi connectivity index (χ2v) is 6.07. The summed E-state index contributed by atoms with van der Waals surface area (Å²) >= 11 is 1.36. The van der Waals surface area contributed by atoms with Gasteiger partial charge in [0.05, 0.1) is 0 Å². The number of hydrogen-bond donors (Lipinski definition) is 1. The lowest BCUT2D eigenvalue weighted by Crippen LogP contribution is -2.34. The summed E-state index contributed by atoms with van der Waals surface area (Å²) < 4.78 is 0. The first-order valence-electron chi connectivity index (χ1n) is 6.18. The Kier molecular flexibility index (Phi) is 3.75. The van der Waals surface area contributed by atoms with Gasteiger partial charge in [-0.1, -0.05) is 17.8 Å². The molecule has 100 valence electrons. The maximum atomic E-state index is 12.3. The maximum Gasteiger partial charge on any atom is 0.267 e. The van der Waals surface area contributed by atoms with E-state index in [2.05, 4.69) is 4.98 Å². The number of rotatable bonds is 4. The van der Waals surface area contributed by atoms with Gasteiger partial charge in [0.25, 0.3) is 5.91 Å². The smallest absolute Gasteiger partial charge is 0.267 e. The van der Waals surface area contributed by atoms with Crippen molar-refractivity contribution >= 4 is 28.2 Å². The fourth-order valence-corrected chi connectivity index (χ4v) is 2.89. The van der Waals surface area contributed by atoms with E-state index in [0.717, 1.165) is 11.7 Å². The van der Waals surface area contributed by atoms with Crippen LogP contribution in [0, 0.1) is 5.92 Å². The molecule has 0 spiro atoms. The summed E-state index contributed by atoms with van der Waals surface area (Å²) in [5.41, 5.74) is 5.82. The Balaban J connectivity index is 2.07. The molecule has 0 bridgehead atoms. The summed E-state index contributed by atoms with van der Waals surface area (Å²) in [4.78, 5) is 20.7. The molecule has 1 heterocycles. The molecule has 1 aliphatic rings. The summed E-state index contributed by atoms with van der Waals surface area (Å²) in [6.07, 6.45) is 3.76. The van der Waals surface area contributed by atoms with E-state index in [1.165, 1.54) is 30.6 Å². The zero-order valence-corrected chi connectivity index (χ0v) is 12.0. The second kappa shape index (κ2) is 5.14. The van der Waals surface area contributed by atoms with Crippen LogP contribution in [-0.4, -0.2) is 43.5 Å². The number of hydrogen-bond acceptors (Lipinski definition) is 5. The molecule has 6 heteroatoms. The zero-order valence-electron chi connectivity index (χ0n) is 11.1. The van der Waals surface area contributed by atoms with Crippen molar-refractivity contribution in [3.05, 3.63) is 4.88 Å². The Bertz CT molecular complexity index is 439. The third kappa shape index (κ3) is 2.58. The molecule has 1 amide bonds. The minimum atomic E-state index is -0.00926. The molecule has 1 aliphatic carbocycles. The van der Waals surface area contributed by atoms with Gasteiger partial charge >= 0.3 is 0 Å². The lowest BCUT2D eigenvalue weighted by atomic mass is 9.85. The van der Waals surface area contributed by atoms with Gasteiger partial charge in [-0.15, -0.1) is 0 Å². The van der Waals surface area contributed by atoms with Crippen LogP contribution in [-0.2, 0) is 0 Å². The van der Waals surface area contributed by atoms with Gasteiger partial charge in [-0.25, -0.2) is 4.98 Å². The molecule has 0 aliphatic heterocycles. The average molecular weight is 268 g/mol. The number of carbonyl (C=O) groups excluding carboxylic acids is 1. The summed E-state index contributed by atoms with van der Waals surface area (Å²) in [5, 5.41) is 0.771. The fraction of sp³-hybridized carbons (Fsp3) is 0.667. The molecule has 0 saturated heterocycles. The molecule has 1 fully saturated rings. The molecule has 0 unspecified atom stereocenters. The van der Waals surface area contributed by atoms with Crippen LogP contribution in [0.15, 0.2) is 0 Å². The number of nitrogen functional groups attached to an aromatic ring is 1. The molecule has 1 aromatic rings. The van der Waals surface area contributed by atoms with E-state index < -0.39 is 0 Å². The third-order valence-corrected chi connectivity index (χ3v) is 4.55. The maximum absolute atomic E-state index is 12.3. The van der Waals surface area contributed by atoms with Gasteiger partial charge in [-0.2, -0.15) is 0 Å². The highest BCUT2D eigenvalue weighted by atomic mass is 32.1. The minimum absolute atomic E-state index is 0.00926. The van der Waals surface area contributed by atoms with Crippen LogP contribution in [0.5, 0.6) is 0 Å². The van der Waals surface area contributed by atoms with Crippen LogP contribution in [0.2, 0.25) is 0 Å². The minimum Gasteiger partial charge on any atom is -0.382 e. The highest BCUT2D eigenvalue weighted by Crippen LogP contribution is 2.30. The Morgan fingerprint density at radius 2 is 2.11 bits per heavy atom. The van der Waals surface area contributed by atoms with Gasteiger partial charge < -0.3 is 15.5 Å². The number of nitrogens with two attached hydrogens (primary N) is 1. The first-order valence-corrected chi connectivity index (χ1v) is 6.99. The summed E-state index contributed by atoms with van der Waals surface area (Å²) in [6, 6.07) is 0. The van der Waals surface area contributed by atoms with Crippen LogP contribution in [0.4, 0.5) is 10.9 Å². The number of aromatic nitrogens is 1. The van der Waals surface area contributed by atoms with Crippen molar-refractivity contribution in [1.82, 2.24) is 9.88 Å². The Morgan fingerprint density at radius 3 is 2.56 bits per heavy atom. The fourth-order valence-electron chi connectivity index (χ4n) is 1.98. The summed E-state index contributed by atoms with van der Waals surface area (Å²) in [5.74, 6) is 1.00. The van der Waals surface area contributed by atoms with E-state index in [0.29, 0.717) is 16.6 Å². The molecule has 1 saturated carbocycles. The van der Waals surface area contributed by atoms with Crippen LogP contribution in [0.1, 0.15) is 28.9 Å². The van der Waals surface area contributed by atoms with E-state index in [-0.39, 0.29) is 5.91 Å². The summed E-state index contributed by atoms with van der Waals surface area (Å²) in [6.45, 7) is 0.827. The molecular weight excluding hydrogens is 248 g/mol. The van der Waals surface area contributed by atoms with Crippen molar-refractivity contribution in [2.75, 3.05) is 38.3 Å². The van der Waals surface area contributed by atoms with Gasteiger partial charge in [0.15, 0.2) is 5.13 Å². The Hall–Kier alpha value is -1.30. The summed E-state index contributed by atoms with van der Waals surface area (Å²) in [7, 11) is 5.63. The van der Waals surface area contributed by atoms with Crippen molar-refractivity contribution in [2.24, 2.45) is 5.92 Å². The third-order valence-electron chi connectivity index (χ3n) is 3.32. The lowest BCUT2D eigenvalue weighted by molar-refractivity contribution is 0.0751. The van der Waals surface area contributed by atoms with Gasteiger partial charge in [-0.05, 0) is 18.8 Å². The first-order chi connectivity index (χ1) is 8.49. The molecule has 0 atom stereocenters. The number of amides is 1. The topological polar surface area (TPSA) is 62.5 Å². The van der Waals surface area contributed by atoms with Crippen molar-refractivity contribution in [3.8, 4) is 0 Å². The van der Waals surface area contributed by atoms with Crippen LogP contribution in [0.25, 0.3) is 0 Å². The van der Waals surface area contributed by atoms with E-state index in [1.54, 1.807) is 4.90 Å². The number of nitrogens with zero attached hydrogens (tertiary/aromatic N) is 3. The van der Waals surface area contributed by atoms with E-state index >= 15 is 0 Å². The predicted molar refractivity (Wildman–Crippen MR) is 75.2 cm³/mol. The standard InChI is InChI=1S/C12H20N4OS/c1-15(2)12-14-10(13)9(18-12)11(17)16(3)7-8-5-4-6-8/h8H,4-7,13H2,1-3H3. The van der Waals surface area contributed by atoms with E-state index in [1.807, 2.05) is 26.0 Å². The Morgan fingerprint density at radius 1 is 1.44 bits per heavy atom. The van der Waals surface area contributed by atoms with Crippen LogP contribution >= 0.6 is 11.3 Å². The SMILES string of the molecule is CN(CC1CCC1)C(=O)c1sc(N(C)C)nc1N. The van der Waals surface area contributed by atoms with Crippen molar-refractivity contribution in [3.63, 3.8) is 0 Å². The van der Waals surface area contributed by atoms with Gasteiger partial charge in [-0.3, -0.25) is 4.79 Å². The zero-order chi connectivity index (χ0) is 13.3. The molecular formula is C12H20N4OS. The Labute approximate surface area is 112 Å². The second-order valence-electron chi connectivity index (χ2n) is 5.09. The van der Waals surface area contributed by atoms with Crippen molar-refractivity contribution < 1.29 is 4.79 Å².